The Morgan fingerprint density at radius 1 is 1.19 bits per heavy atom. The first-order valence-corrected chi connectivity index (χ1v) is 7.60. The molecule has 2 aromatic rings. The average Bonchev–Trinajstić information content (AvgIpc) is 2.84. The molecule has 0 aliphatic carbocycles. The number of hydrogen-bond acceptors (Lipinski definition) is 3. The third-order valence-corrected chi connectivity index (χ3v) is 3.51. The summed E-state index contributed by atoms with van der Waals surface area (Å²) in [5.74, 6) is 0. The molecule has 4 heteroatoms. The van der Waals surface area contributed by atoms with Crippen molar-refractivity contribution in [2.75, 3.05) is 26.9 Å². The van der Waals surface area contributed by atoms with E-state index in [1.165, 1.54) is 16.5 Å². The lowest BCUT2D eigenvalue weighted by Crippen LogP contribution is -2.17. The summed E-state index contributed by atoms with van der Waals surface area (Å²) in [6.45, 7) is 5.16. The third kappa shape index (κ3) is 4.84. The number of rotatable bonds is 9. The number of nitrogens with two attached hydrogens (primary N) is 1. The van der Waals surface area contributed by atoms with Gasteiger partial charge in [-0.25, -0.2) is 0 Å². The van der Waals surface area contributed by atoms with Crippen LogP contribution in [-0.4, -0.2) is 37.5 Å². The normalized spacial score (nSPS) is 12.9. The zero-order valence-electron chi connectivity index (χ0n) is 13.0. The Morgan fingerprint density at radius 3 is 2.81 bits per heavy atom. The number of ether oxygens (including phenoxy) is 2. The van der Waals surface area contributed by atoms with E-state index in [2.05, 4.69) is 35.0 Å². The Morgan fingerprint density at radius 2 is 2.05 bits per heavy atom. The fourth-order valence-electron chi connectivity index (χ4n) is 2.51. The Bertz CT molecular complexity index is 549. The molecule has 0 spiro atoms. The van der Waals surface area contributed by atoms with Gasteiger partial charge in [0.25, 0.3) is 0 Å². The first kappa shape index (κ1) is 16.0. The molecule has 2 rings (SSSR count). The highest BCUT2D eigenvalue weighted by atomic mass is 16.5. The van der Waals surface area contributed by atoms with E-state index < -0.39 is 0 Å². The van der Waals surface area contributed by atoms with Crippen LogP contribution in [0.1, 0.15) is 18.9 Å². The predicted octanol–water partition coefficient (Wildman–Crippen LogP) is 2.58. The summed E-state index contributed by atoms with van der Waals surface area (Å²) in [6.07, 6.45) is 3.99. The zero-order chi connectivity index (χ0) is 15.1. The van der Waals surface area contributed by atoms with Crippen LogP contribution in [0.15, 0.2) is 30.5 Å². The van der Waals surface area contributed by atoms with Crippen molar-refractivity contribution in [1.82, 2.24) is 4.57 Å². The molecule has 1 aromatic carbocycles. The van der Waals surface area contributed by atoms with Gasteiger partial charge in [-0.3, -0.25) is 0 Å². The molecule has 0 saturated heterocycles. The van der Waals surface area contributed by atoms with Crippen molar-refractivity contribution >= 4 is 10.9 Å². The summed E-state index contributed by atoms with van der Waals surface area (Å²) >= 11 is 0. The van der Waals surface area contributed by atoms with E-state index in [1.54, 1.807) is 7.11 Å². The summed E-state index contributed by atoms with van der Waals surface area (Å²) in [7, 11) is 1.71. The highest BCUT2D eigenvalue weighted by molar-refractivity contribution is 5.80. The summed E-state index contributed by atoms with van der Waals surface area (Å²) in [5.41, 5.74) is 8.41. The first-order chi connectivity index (χ1) is 10.2. The fourth-order valence-corrected chi connectivity index (χ4v) is 2.51. The van der Waals surface area contributed by atoms with Crippen LogP contribution in [-0.2, 0) is 22.4 Å². The minimum absolute atomic E-state index is 0.199. The number of aromatic nitrogens is 1. The van der Waals surface area contributed by atoms with Crippen molar-refractivity contribution in [2.24, 2.45) is 5.73 Å². The van der Waals surface area contributed by atoms with Crippen molar-refractivity contribution in [3.8, 4) is 0 Å². The van der Waals surface area contributed by atoms with Crippen LogP contribution in [0.25, 0.3) is 10.9 Å². The van der Waals surface area contributed by atoms with Crippen LogP contribution in [0.2, 0.25) is 0 Å². The number of nitrogens with zero attached hydrogens (tertiary/aromatic N) is 1. The van der Waals surface area contributed by atoms with E-state index in [0.717, 1.165) is 39.2 Å². The Kier molecular flexibility index (Phi) is 6.23. The van der Waals surface area contributed by atoms with Crippen LogP contribution < -0.4 is 5.73 Å². The molecule has 116 valence electrons. The van der Waals surface area contributed by atoms with Crippen LogP contribution in [0.3, 0.4) is 0 Å². The van der Waals surface area contributed by atoms with Gasteiger partial charge >= 0.3 is 0 Å². The van der Waals surface area contributed by atoms with Crippen LogP contribution in [0, 0.1) is 0 Å². The molecule has 0 aliphatic heterocycles. The lowest BCUT2D eigenvalue weighted by Gasteiger charge is -2.08. The van der Waals surface area contributed by atoms with Crippen LogP contribution in [0.5, 0.6) is 0 Å². The van der Waals surface area contributed by atoms with E-state index in [9.17, 15) is 0 Å². The molecule has 1 unspecified atom stereocenters. The van der Waals surface area contributed by atoms with Gasteiger partial charge in [-0.05, 0) is 48.9 Å². The summed E-state index contributed by atoms with van der Waals surface area (Å²) < 4.78 is 12.9. The van der Waals surface area contributed by atoms with Gasteiger partial charge in [0.05, 0.1) is 6.61 Å². The topological polar surface area (TPSA) is 49.4 Å². The number of methoxy groups -OCH3 is 1. The second kappa shape index (κ2) is 8.17. The monoisotopic (exact) mass is 290 g/mol. The first-order valence-electron chi connectivity index (χ1n) is 7.60. The third-order valence-electron chi connectivity index (χ3n) is 3.51. The standard InChI is InChI=1S/C17H26N2O2/c1-14(18)12-15-4-5-17-16(13-15)6-7-19(17)8-11-21-10-3-9-20-2/h4-7,13-14H,3,8-12,18H2,1-2H3. The minimum atomic E-state index is 0.199. The summed E-state index contributed by atoms with van der Waals surface area (Å²) in [5, 5.41) is 1.27. The maximum Gasteiger partial charge on any atom is 0.0645 e. The largest absolute Gasteiger partial charge is 0.385 e. The average molecular weight is 290 g/mol. The van der Waals surface area contributed by atoms with Gasteiger partial charge in [-0.2, -0.15) is 0 Å². The zero-order valence-corrected chi connectivity index (χ0v) is 13.0. The molecule has 0 amide bonds. The quantitative estimate of drug-likeness (QED) is 0.722. The van der Waals surface area contributed by atoms with Gasteiger partial charge in [-0.15, -0.1) is 0 Å². The van der Waals surface area contributed by atoms with Crippen molar-refractivity contribution in [3.05, 3.63) is 36.0 Å². The van der Waals surface area contributed by atoms with Crippen molar-refractivity contribution in [3.63, 3.8) is 0 Å². The van der Waals surface area contributed by atoms with Gasteiger partial charge in [-0.1, -0.05) is 6.07 Å². The highest BCUT2D eigenvalue weighted by Gasteiger charge is 2.04. The van der Waals surface area contributed by atoms with Gasteiger partial charge in [0.15, 0.2) is 0 Å². The van der Waals surface area contributed by atoms with Gasteiger partial charge in [0, 0.05) is 44.6 Å². The van der Waals surface area contributed by atoms with Crippen LogP contribution >= 0.6 is 0 Å². The lowest BCUT2D eigenvalue weighted by molar-refractivity contribution is 0.0982. The molecular weight excluding hydrogens is 264 g/mol. The summed E-state index contributed by atoms with van der Waals surface area (Å²) in [6, 6.07) is 8.93. The van der Waals surface area contributed by atoms with Crippen molar-refractivity contribution < 1.29 is 9.47 Å². The molecule has 1 heterocycles. The number of fused-ring (bicyclic) bond motifs is 1. The number of hydrogen-bond donors (Lipinski definition) is 1. The van der Waals surface area contributed by atoms with E-state index in [4.69, 9.17) is 15.2 Å². The molecule has 21 heavy (non-hydrogen) atoms. The van der Waals surface area contributed by atoms with Gasteiger partial charge in [0.2, 0.25) is 0 Å². The molecule has 0 aliphatic rings. The van der Waals surface area contributed by atoms with Crippen LogP contribution in [0.4, 0.5) is 0 Å². The Hall–Kier alpha value is -1.36. The van der Waals surface area contributed by atoms with Crippen molar-refractivity contribution in [1.29, 1.82) is 0 Å². The summed E-state index contributed by atoms with van der Waals surface area (Å²) in [4.78, 5) is 0. The van der Waals surface area contributed by atoms with E-state index >= 15 is 0 Å². The van der Waals surface area contributed by atoms with E-state index in [1.807, 2.05) is 6.92 Å². The van der Waals surface area contributed by atoms with Crippen molar-refractivity contribution in [2.45, 2.75) is 32.4 Å². The molecular formula is C17H26N2O2. The number of benzene rings is 1. The molecule has 0 radical (unpaired) electrons. The molecule has 1 atom stereocenters. The molecule has 0 saturated carbocycles. The molecule has 0 fully saturated rings. The molecule has 4 nitrogen and oxygen atoms in total. The maximum atomic E-state index is 5.86. The highest BCUT2D eigenvalue weighted by Crippen LogP contribution is 2.18. The second-order valence-electron chi connectivity index (χ2n) is 5.54. The van der Waals surface area contributed by atoms with Gasteiger partial charge in [0.1, 0.15) is 0 Å². The van der Waals surface area contributed by atoms with E-state index in [0.29, 0.717) is 0 Å². The second-order valence-corrected chi connectivity index (χ2v) is 5.54. The predicted molar refractivity (Wildman–Crippen MR) is 86.6 cm³/mol. The molecule has 0 bridgehead atoms. The Labute approximate surface area is 126 Å². The SMILES string of the molecule is COCCCOCCn1ccc2cc(CC(C)N)ccc21. The fraction of sp³-hybridized carbons (Fsp3) is 0.529. The van der Waals surface area contributed by atoms with E-state index in [-0.39, 0.29) is 6.04 Å². The smallest absolute Gasteiger partial charge is 0.0645 e. The van der Waals surface area contributed by atoms with Gasteiger partial charge < -0.3 is 19.8 Å². The maximum absolute atomic E-state index is 5.86. The molecule has 1 aromatic heterocycles. The molecule has 2 N–H and O–H groups in total. The Balaban J connectivity index is 1.89. The lowest BCUT2D eigenvalue weighted by atomic mass is 10.1. The minimum Gasteiger partial charge on any atom is -0.385 e.